The van der Waals surface area contributed by atoms with Crippen molar-refractivity contribution in [3.63, 3.8) is 0 Å². The second-order valence-corrected chi connectivity index (χ2v) is 18.4. The van der Waals surface area contributed by atoms with Gasteiger partial charge in [-0.05, 0) is 73.2 Å². The van der Waals surface area contributed by atoms with E-state index < -0.39 is 83.3 Å². The molecule has 3 saturated heterocycles. The number of aliphatic hydroxyl groups is 2. The van der Waals surface area contributed by atoms with E-state index in [0.717, 1.165) is 15.4 Å². The maximum absolute atomic E-state index is 14.5. The van der Waals surface area contributed by atoms with E-state index in [2.05, 4.69) is 20.3 Å². The number of carbonyl (C=O) groups excluding carboxylic acids is 3. The van der Waals surface area contributed by atoms with Gasteiger partial charge >= 0.3 is 11.9 Å². The molecule has 2 N–H and O–H groups in total. The average molecular weight is 874 g/mol. The Bertz CT molecular complexity index is 1880. The van der Waals surface area contributed by atoms with Crippen LogP contribution in [0.15, 0.2) is 41.0 Å². The molecule has 5 heterocycles. The molecule has 2 aromatic heterocycles. The van der Waals surface area contributed by atoms with Gasteiger partial charge in [-0.25, -0.2) is 4.79 Å². The summed E-state index contributed by atoms with van der Waals surface area (Å²) in [4.78, 5) is 64.1. The van der Waals surface area contributed by atoms with Gasteiger partial charge in [0.05, 0.1) is 59.6 Å². The van der Waals surface area contributed by atoms with Gasteiger partial charge in [0.2, 0.25) is 0 Å². The Morgan fingerprint density at radius 1 is 1.07 bits per heavy atom. The van der Waals surface area contributed by atoms with Gasteiger partial charge in [-0.1, -0.05) is 38.0 Å². The smallest absolute Gasteiger partial charge is 0.331 e. The normalized spacial score (nSPS) is 37.1. The molecule has 338 valence electrons. The van der Waals surface area contributed by atoms with Gasteiger partial charge in [0.15, 0.2) is 18.7 Å². The number of thiophene rings is 1. The van der Waals surface area contributed by atoms with Crippen LogP contribution in [-0.2, 0) is 54.3 Å². The van der Waals surface area contributed by atoms with Crippen molar-refractivity contribution >= 4 is 40.5 Å². The number of carbonyl (C=O) groups is 3. The molecule has 0 amide bonds. The maximum Gasteiger partial charge on any atom is 0.331 e. The first-order chi connectivity index (χ1) is 28.8. The first-order valence-corrected chi connectivity index (χ1v) is 21.7. The summed E-state index contributed by atoms with van der Waals surface area (Å²) in [5, 5.41) is 33.0. The standard InChI is InChI=1S/C43H63N5O12S/c1-12-34-43(9,53)39-25(4)35(47-60-28(7)49)23(2)18-42(8,55-21-29(20-54-39)46-56-22-30-13-14-33(61-30)31-19-44-15-16-45-31)38(26(5)36(50)27(6)40(52)58-34)59-41-37(51)32(48(10)11)17-24(3)57-41/h13-16,19,23-27,32,34,37-39,41,51,53H,12,17-18,20-22H2,1-11H3/b46-29-,47-35+/t23-,24-,25+,26+,27-,32+,34-,37-,38-,39+,41+,42-,43-/m1/s1. The summed E-state index contributed by atoms with van der Waals surface area (Å²) in [6.07, 6.45) is -0.369. The van der Waals surface area contributed by atoms with E-state index in [0.29, 0.717) is 17.8 Å². The Labute approximate surface area is 362 Å². The van der Waals surface area contributed by atoms with Crippen LogP contribution in [0.3, 0.4) is 0 Å². The first-order valence-electron chi connectivity index (χ1n) is 20.9. The summed E-state index contributed by atoms with van der Waals surface area (Å²) < 4.78 is 32.5. The van der Waals surface area contributed by atoms with E-state index in [1.54, 1.807) is 46.3 Å². The minimum absolute atomic E-state index is 0.102. The van der Waals surface area contributed by atoms with Crippen LogP contribution in [-0.4, -0.2) is 136 Å². The largest absolute Gasteiger partial charge is 0.459 e. The molecule has 0 saturated carbocycles. The first kappa shape index (κ1) is 48.3. The number of oxime groups is 2. The van der Waals surface area contributed by atoms with Gasteiger partial charge in [0, 0.05) is 48.0 Å². The van der Waals surface area contributed by atoms with Crippen LogP contribution >= 0.6 is 11.3 Å². The van der Waals surface area contributed by atoms with Gasteiger partial charge in [-0.15, -0.1) is 11.3 Å². The SMILES string of the molecule is CC[C@H]1OC(=O)[C@H](C)C(=O)[C@H](C)[C@@H](O[C@@H]2O[C@H](C)C[C@H](N(C)C)[C@H]2O)[C@@]2(C)C[C@@H](C)/C(=N\OC(C)=O)[C@H](C)[C@H](OC/C(=N/OCc3ccc(-c4cnccn4)s3)CO2)[C@]1(C)O. The zero-order valence-electron chi connectivity index (χ0n) is 37.1. The molecule has 3 fully saturated rings. The Kier molecular flexibility index (Phi) is 16.3. The Hall–Kier alpha value is -3.75. The number of Topliss-reactive ketones (excluding diaryl/α,β-unsaturated/α-hetero) is 1. The summed E-state index contributed by atoms with van der Waals surface area (Å²) in [6, 6.07) is 3.51. The number of esters is 1. The van der Waals surface area contributed by atoms with Crippen molar-refractivity contribution in [2.45, 2.75) is 142 Å². The minimum atomic E-state index is -1.88. The van der Waals surface area contributed by atoms with Crippen molar-refractivity contribution in [2.75, 3.05) is 27.3 Å². The van der Waals surface area contributed by atoms with Crippen LogP contribution in [0.4, 0.5) is 0 Å². The lowest BCUT2D eigenvalue weighted by atomic mass is 9.74. The molecule has 0 aliphatic carbocycles. The van der Waals surface area contributed by atoms with E-state index in [1.165, 1.54) is 32.1 Å². The zero-order valence-corrected chi connectivity index (χ0v) is 37.9. The monoisotopic (exact) mass is 873 g/mol. The molecule has 13 atom stereocenters. The number of hydrogen-bond acceptors (Lipinski definition) is 18. The van der Waals surface area contributed by atoms with E-state index in [4.69, 9.17) is 33.4 Å². The van der Waals surface area contributed by atoms with E-state index in [-0.39, 0.29) is 44.8 Å². The molecule has 17 nitrogen and oxygen atoms in total. The third-order valence-corrected chi connectivity index (χ3v) is 13.1. The number of nitrogens with zero attached hydrogens (tertiary/aromatic N) is 5. The predicted molar refractivity (Wildman–Crippen MR) is 225 cm³/mol. The summed E-state index contributed by atoms with van der Waals surface area (Å²) in [5.41, 5.74) is -1.95. The Balaban J connectivity index is 1.64. The molecular weight excluding hydrogens is 811 g/mol. The van der Waals surface area contributed by atoms with Crippen LogP contribution < -0.4 is 0 Å². The average Bonchev–Trinajstić information content (AvgIpc) is 3.68. The molecule has 2 bridgehead atoms. The lowest BCUT2D eigenvalue weighted by Crippen LogP contribution is -2.60. The maximum atomic E-state index is 14.5. The molecule has 0 radical (unpaired) electrons. The number of fused-ring (bicyclic) bond motifs is 5. The highest BCUT2D eigenvalue weighted by atomic mass is 32.1. The number of likely N-dealkylation sites (N-methyl/N-ethyl adjacent to an activating group) is 1. The highest BCUT2D eigenvalue weighted by Gasteiger charge is 2.53. The third kappa shape index (κ3) is 11.4. The van der Waals surface area contributed by atoms with Crippen LogP contribution in [0.5, 0.6) is 0 Å². The second-order valence-electron chi connectivity index (χ2n) is 17.2. The van der Waals surface area contributed by atoms with E-state index >= 15 is 0 Å². The number of rotatable bonds is 9. The molecule has 0 aromatic carbocycles. The van der Waals surface area contributed by atoms with Crippen LogP contribution in [0, 0.1) is 23.7 Å². The van der Waals surface area contributed by atoms with Gasteiger partial charge in [-0.2, -0.15) is 0 Å². The van der Waals surface area contributed by atoms with Gasteiger partial charge in [0.1, 0.15) is 29.4 Å². The fraction of sp³-hybridized carbons (Fsp3) is 0.698. The third-order valence-electron chi connectivity index (χ3n) is 12.0. The fourth-order valence-electron chi connectivity index (χ4n) is 8.71. The predicted octanol–water partition coefficient (Wildman–Crippen LogP) is 4.57. The highest BCUT2D eigenvalue weighted by molar-refractivity contribution is 7.15. The summed E-state index contributed by atoms with van der Waals surface area (Å²) in [7, 11) is 3.72. The molecule has 3 aliphatic heterocycles. The molecule has 3 aliphatic rings. The van der Waals surface area contributed by atoms with Crippen molar-refractivity contribution in [2.24, 2.45) is 34.0 Å². The topological polar surface area (TPSA) is 210 Å². The number of cyclic esters (lactones) is 1. The quantitative estimate of drug-likeness (QED) is 0.153. The zero-order chi connectivity index (χ0) is 44.8. The molecule has 0 spiro atoms. The number of ketones is 1. The number of aromatic nitrogens is 2. The lowest BCUT2D eigenvalue weighted by molar-refractivity contribution is -0.296. The minimum Gasteiger partial charge on any atom is -0.459 e. The molecule has 0 unspecified atom stereocenters. The van der Waals surface area contributed by atoms with Gasteiger partial charge < -0.3 is 48.5 Å². The number of aliphatic hydroxyl groups excluding tert-OH is 1. The molecule has 2 aromatic rings. The van der Waals surface area contributed by atoms with Crippen molar-refractivity contribution in [3.8, 4) is 10.6 Å². The highest BCUT2D eigenvalue weighted by Crippen LogP contribution is 2.40. The number of hydrogen-bond donors (Lipinski definition) is 2. The Morgan fingerprint density at radius 3 is 2.46 bits per heavy atom. The Morgan fingerprint density at radius 2 is 1.80 bits per heavy atom. The summed E-state index contributed by atoms with van der Waals surface area (Å²) >= 11 is 1.48. The summed E-state index contributed by atoms with van der Waals surface area (Å²) in [5.74, 6) is -5.67. The van der Waals surface area contributed by atoms with Gasteiger partial charge in [0.25, 0.3) is 0 Å². The van der Waals surface area contributed by atoms with Crippen LogP contribution in [0.25, 0.3) is 10.6 Å². The fourth-order valence-corrected chi connectivity index (χ4v) is 9.59. The van der Waals surface area contributed by atoms with Crippen molar-refractivity contribution in [1.29, 1.82) is 0 Å². The molecule has 61 heavy (non-hydrogen) atoms. The number of ether oxygens (including phenoxy) is 5. The van der Waals surface area contributed by atoms with Crippen molar-refractivity contribution in [1.82, 2.24) is 14.9 Å². The van der Waals surface area contributed by atoms with Crippen molar-refractivity contribution < 1.29 is 58.0 Å². The van der Waals surface area contributed by atoms with Crippen LogP contribution in [0.2, 0.25) is 0 Å². The van der Waals surface area contributed by atoms with Gasteiger partial charge in [-0.3, -0.25) is 19.6 Å². The molecular formula is C43H63N5O12S. The molecule has 5 rings (SSSR count). The lowest BCUT2D eigenvalue weighted by Gasteiger charge is -2.47. The van der Waals surface area contributed by atoms with E-state index in [9.17, 15) is 24.6 Å². The second kappa shape index (κ2) is 20.6. The van der Waals surface area contributed by atoms with Crippen molar-refractivity contribution in [3.05, 3.63) is 35.6 Å². The van der Waals surface area contributed by atoms with Crippen LogP contribution in [0.1, 0.15) is 86.5 Å². The van der Waals surface area contributed by atoms with E-state index in [1.807, 2.05) is 45.0 Å². The summed E-state index contributed by atoms with van der Waals surface area (Å²) in [6.45, 7) is 14.6. The molecule has 18 heteroatoms.